The first-order valence-corrected chi connectivity index (χ1v) is 11.6. The summed E-state index contributed by atoms with van der Waals surface area (Å²) in [5.41, 5.74) is -2.50. The summed E-state index contributed by atoms with van der Waals surface area (Å²) >= 11 is 0. The number of nitrogens with zero attached hydrogens (tertiary/aromatic N) is 2. The van der Waals surface area contributed by atoms with Gasteiger partial charge in [-0.25, -0.2) is 17.6 Å². The molecule has 0 bridgehead atoms. The van der Waals surface area contributed by atoms with Crippen molar-refractivity contribution in [1.82, 2.24) is 9.21 Å². The van der Waals surface area contributed by atoms with Crippen molar-refractivity contribution in [2.75, 3.05) is 31.6 Å². The number of sulfonamides is 1. The molecule has 0 saturated carbocycles. The molecule has 33 heavy (non-hydrogen) atoms. The van der Waals surface area contributed by atoms with Gasteiger partial charge < -0.3 is 15.0 Å². The molecule has 2 aliphatic rings. The van der Waals surface area contributed by atoms with E-state index in [9.17, 15) is 26.4 Å². The van der Waals surface area contributed by atoms with Crippen LogP contribution in [-0.2, 0) is 20.9 Å². The number of halogens is 4. The number of urea groups is 1. The molecule has 2 atom stereocenters. The molecule has 2 aromatic carbocycles. The predicted molar refractivity (Wildman–Crippen MR) is 111 cm³/mol. The second kappa shape index (κ2) is 8.58. The number of amides is 2. The molecule has 0 aromatic heterocycles. The lowest BCUT2D eigenvalue weighted by Crippen LogP contribution is -2.63. The van der Waals surface area contributed by atoms with Crippen molar-refractivity contribution in [3.8, 4) is 0 Å². The lowest BCUT2D eigenvalue weighted by atomic mass is 9.99. The molecule has 2 heterocycles. The van der Waals surface area contributed by atoms with Crippen LogP contribution in [0.1, 0.15) is 12.0 Å². The van der Waals surface area contributed by atoms with Gasteiger partial charge in [-0.05, 0) is 30.3 Å². The first-order chi connectivity index (χ1) is 15.5. The number of carbonyl (C=O) groups is 1. The molecule has 1 N–H and O–H groups in total. The molecule has 12 heteroatoms. The van der Waals surface area contributed by atoms with Crippen LogP contribution >= 0.6 is 0 Å². The van der Waals surface area contributed by atoms with Crippen molar-refractivity contribution in [1.29, 1.82) is 0 Å². The molecule has 2 saturated heterocycles. The highest BCUT2D eigenvalue weighted by molar-refractivity contribution is 7.89. The molecule has 2 fully saturated rings. The van der Waals surface area contributed by atoms with Crippen LogP contribution < -0.4 is 5.32 Å². The lowest BCUT2D eigenvalue weighted by molar-refractivity contribution is -0.137. The third kappa shape index (κ3) is 4.42. The second-order valence-electron chi connectivity index (χ2n) is 7.76. The largest absolute Gasteiger partial charge is 0.416 e. The highest BCUT2D eigenvalue weighted by atomic mass is 32.2. The first kappa shape index (κ1) is 23.5. The van der Waals surface area contributed by atoms with E-state index in [4.69, 9.17) is 4.74 Å². The number of piperidine rings is 1. The average molecular weight is 487 g/mol. The predicted octanol–water partition coefficient (Wildman–Crippen LogP) is 3.70. The standard InChI is InChI=1S/C21H21F4N3O4S/c22-18-14-27(19(29)26-16-6-2-1-3-7-16)10-9-20(18)28(11-12-32-20)33(30,31)17-8-4-5-15(13-17)21(23,24)25/h1-8,13,18H,9-12,14H2,(H,26,29). The van der Waals surface area contributed by atoms with Crippen molar-refractivity contribution in [3.63, 3.8) is 0 Å². The summed E-state index contributed by atoms with van der Waals surface area (Å²) in [6, 6.07) is 11.3. The molecule has 7 nitrogen and oxygen atoms in total. The van der Waals surface area contributed by atoms with Crippen LogP contribution in [-0.4, -0.2) is 61.8 Å². The molecule has 0 radical (unpaired) electrons. The number of carbonyl (C=O) groups excluding carboxylic acids is 1. The van der Waals surface area contributed by atoms with E-state index in [1.54, 1.807) is 30.3 Å². The zero-order valence-electron chi connectivity index (χ0n) is 17.3. The summed E-state index contributed by atoms with van der Waals surface area (Å²) < 4.78 is 87.4. The summed E-state index contributed by atoms with van der Waals surface area (Å²) in [7, 11) is -4.50. The number of alkyl halides is 4. The smallest absolute Gasteiger partial charge is 0.355 e. The van der Waals surface area contributed by atoms with E-state index >= 15 is 4.39 Å². The lowest BCUT2D eigenvalue weighted by Gasteiger charge is -2.44. The Balaban J connectivity index is 1.55. The van der Waals surface area contributed by atoms with Gasteiger partial charge in [0.25, 0.3) is 0 Å². The summed E-state index contributed by atoms with van der Waals surface area (Å²) in [6.45, 7) is -0.773. The molecule has 2 aliphatic heterocycles. The van der Waals surface area contributed by atoms with Gasteiger partial charge in [-0.15, -0.1) is 0 Å². The molecule has 1 spiro atoms. The van der Waals surface area contributed by atoms with Crippen molar-refractivity contribution in [2.45, 2.75) is 29.4 Å². The number of rotatable bonds is 3. The van der Waals surface area contributed by atoms with Crippen LogP contribution in [0.3, 0.4) is 0 Å². The third-order valence-corrected chi connectivity index (χ3v) is 7.66. The zero-order chi connectivity index (χ0) is 23.9. The van der Waals surface area contributed by atoms with Gasteiger partial charge in [0.1, 0.15) is 0 Å². The number of likely N-dealkylation sites (tertiary alicyclic amines) is 1. The Hall–Kier alpha value is -2.70. The molecule has 178 valence electrons. The Morgan fingerprint density at radius 2 is 1.82 bits per heavy atom. The van der Waals surface area contributed by atoms with Gasteiger partial charge in [-0.3, -0.25) is 0 Å². The van der Waals surface area contributed by atoms with Crippen LogP contribution in [0.25, 0.3) is 0 Å². The SMILES string of the molecule is O=C(Nc1ccccc1)N1CCC2(OCCN2S(=O)(=O)c2cccc(C(F)(F)F)c2)C(F)C1. The fourth-order valence-corrected chi connectivity index (χ4v) is 5.84. The van der Waals surface area contributed by atoms with E-state index in [0.29, 0.717) is 11.8 Å². The van der Waals surface area contributed by atoms with Crippen LogP contribution in [0.2, 0.25) is 0 Å². The molecular weight excluding hydrogens is 466 g/mol. The summed E-state index contributed by atoms with van der Waals surface area (Å²) in [5, 5.41) is 2.64. The van der Waals surface area contributed by atoms with Gasteiger partial charge in [-0.2, -0.15) is 17.5 Å². The Morgan fingerprint density at radius 3 is 2.48 bits per heavy atom. The molecule has 2 unspecified atom stereocenters. The molecule has 2 aromatic rings. The summed E-state index contributed by atoms with van der Waals surface area (Å²) in [5.74, 6) is 0. The Morgan fingerprint density at radius 1 is 1.09 bits per heavy atom. The minimum Gasteiger partial charge on any atom is -0.355 e. The monoisotopic (exact) mass is 487 g/mol. The van der Waals surface area contributed by atoms with Gasteiger partial charge in [0.15, 0.2) is 11.9 Å². The molecule has 0 aliphatic carbocycles. The van der Waals surface area contributed by atoms with E-state index in [1.165, 1.54) is 4.90 Å². The molecular formula is C21H21F4N3O4S. The van der Waals surface area contributed by atoms with Gasteiger partial charge in [0.05, 0.1) is 23.6 Å². The van der Waals surface area contributed by atoms with Crippen LogP contribution in [0, 0.1) is 0 Å². The second-order valence-corrected chi connectivity index (χ2v) is 9.62. The van der Waals surface area contributed by atoms with E-state index in [1.807, 2.05) is 0 Å². The van der Waals surface area contributed by atoms with Crippen molar-refractivity contribution < 1.29 is 35.5 Å². The van der Waals surface area contributed by atoms with Crippen molar-refractivity contribution in [2.24, 2.45) is 0 Å². The normalized spacial score (nSPS) is 24.2. The molecule has 2 amide bonds. The quantitative estimate of drug-likeness (QED) is 0.670. The van der Waals surface area contributed by atoms with Crippen LogP contribution in [0.4, 0.5) is 28.0 Å². The number of ether oxygens (including phenoxy) is 1. The number of anilines is 1. The summed E-state index contributed by atoms with van der Waals surface area (Å²) in [6.07, 6.45) is -6.81. The van der Waals surface area contributed by atoms with Gasteiger partial charge in [0, 0.05) is 25.2 Å². The number of nitrogens with one attached hydrogen (secondary N) is 1. The van der Waals surface area contributed by atoms with Gasteiger partial charge in [0.2, 0.25) is 10.0 Å². The van der Waals surface area contributed by atoms with E-state index < -0.39 is 51.1 Å². The fourth-order valence-electron chi connectivity index (χ4n) is 4.08. The molecule has 4 rings (SSSR count). The zero-order valence-corrected chi connectivity index (χ0v) is 18.1. The van der Waals surface area contributed by atoms with Crippen molar-refractivity contribution in [3.05, 3.63) is 60.2 Å². The topological polar surface area (TPSA) is 79.0 Å². The number of benzene rings is 2. The van der Waals surface area contributed by atoms with Gasteiger partial charge in [-0.1, -0.05) is 24.3 Å². The van der Waals surface area contributed by atoms with E-state index in [-0.39, 0.29) is 26.1 Å². The number of para-hydroxylation sites is 1. The first-order valence-electron chi connectivity index (χ1n) is 10.1. The van der Waals surface area contributed by atoms with E-state index in [0.717, 1.165) is 22.5 Å². The minimum absolute atomic E-state index is 0.00625. The maximum absolute atomic E-state index is 15.4. The van der Waals surface area contributed by atoms with Crippen molar-refractivity contribution >= 4 is 21.7 Å². The summed E-state index contributed by atoms with van der Waals surface area (Å²) in [4.78, 5) is 13.1. The Labute approximate surface area is 188 Å². The van der Waals surface area contributed by atoms with E-state index in [2.05, 4.69) is 5.32 Å². The van der Waals surface area contributed by atoms with Crippen LogP contribution in [0.15, 0.2) is 59.5 Å². The Kier molecular flexibility index (Phi) is 6.10. The maximum atomic E-state index is 15.4. The third-order valence-electron chi connectivity index (χ3n) is 5.74. The number of hydrogen-bond acceptors (Lipinski definition) is 4. The number of hydrogen-bond donors (Lipinski definition) is 1. The average Bonchev–Trinajstić information content (AvgIpc) is 3.21. The van der Waals surface area contributed by atoms with Gasteiger partial charge >= 0.3 is 12.2 Å². The Bertz CT molecular complexity index is 1130. The highest BCUT2D eigenvalue weighted by Gasteiger charge is 2.57. The highest BCUT2D eigenvalue weighted by Crippen LogP contribution is 2.41. The maximum Gasteiger partial charge on any atom is 0.416 e. The fraction of sp³-hybridized carbons (Fsp3) is 0.381. The van der Waals surface area contributed by atoms with Crippen LogP contribution in [0.5, 0.6) is 0 Å². The minimum atomic E-state index is -4.73.